The van der Waals surface area contributed by atoms with E-state index in [2.05, 4.69) is 10.2 Å². The van der Waals surface area contributed by atoms with Crippen LogP contribution in [0.2, 0.25) is 0 Å². The number of hydrogen-bond donors (Lipinski definition) is 1. The molecule has 0 bridgehead atoms. The van der Waals surface area contributed by atoms with Crippen LogP contribution in [0.15, 0.2) is 36.4 Å². The summed E-state index contributed by atoms with van der Waals surface area (Å²) in [7, 11) is 1.70. The molecule has 0 aliphatic carbocycles. The average Bonchev–Trinajstić information content (AvgIpc) is 2.47. The van der Waals surface area contributed by atoms with Gasteiger partial charge in [-0.1, -0.05) is 12.1 Å². The predicted octanol–water partition coefficient (Wildman–Crippen LogP) is 1.92. The highest BCUT2D eigenvalue weighted by atomic mass is 16.5. The second-order valence-corrected chi connectivity index (χ2v) is 4.06. The lowest BCUT2D eigenvalue weighted by atomic mass is 10.1. The monoisotopic (exact) mass is 259 g/mol. The molecule has 2 rings (SSSR count). The van der Waals surface area contributed by atoms with Gasteiger partial charge in [-0.05, 0) is 30.2 Å². The summed E-state index contributed by atoms with van der Waals surface area (Å²) in [6.45, 7) is 1.09. The molecular formula is C14H17N3O2. The van der Waals surface area contributed by atoms with Crippen LogP contribution in [-0.2, 0) is 17.7 Å². The molecule has 0 aliphatic heterocycles. The van der Waals surface area contributed by atoms with Crippen LogP contribution < -0.4 is 10.5 Å². The topological polar surface area (TPSA) is 70.3 Å². The van der Waals surface area contributed by atoms with Crippen molar-refractivity contribution in [2.75, 3.05) is 13.7 Å². The van der Waals surface area contributed by atoms with Crippen LogP contribution >= 0.6 is 0 Å². The number of benzene rings is 1. The van der Waals surface area contributed by atoms with Gasteiger partial charge in [-0.15, -0.1) is 5.10 Å². The largest absolute Gasteiger partial charge is 0.438 e. The van der Waals surface area contributed by atoms with Crippen molar-refractivity contribution < 1.29 is 9.47 Å². The first-order valence-electron chi connectivity index (χ1n) is 6.10. The van der Waals surface area contributed by atoms with E-state index in [1.807, 2.05) is 24.3 Å². The van der Waals surface area contributed by atoms with Crippen molar-refractivity contribution in [1.82, 2.24) is 10.2 Å². The number of aromatic nitrogens is 2. The molecule has 0 atom stereocenters. The minimum absolute atomic E-state index is 0.376. The van der Waals surface area contributed by atoms with Crippen molar-refractivity contribution in [3.05, 3.63) is 47.7 Å². The number of nitrogens with two attached hydrogens (primary N) is 1. The SMILES string of the molecule is COCCc1ccc(Oc2ccc(CN)nn2)cc1. The third-order valence-corrected chi connectivity index (χ3v) is 2.65. The highest BCUT2D eigenvalue weighted by Gasteiger charge is 2.00. The summed E-state index contributed by atoms with van der Waals surface area (Å²) in [4.78, 5) is 0. The molecule has 1 heterocycles. The van der Waals surface area contributed by atoms with Crippen molar-refractivity contribution in [2.24, 2.45) is 5.73 Å². The summed E-state index contributed by atoms with van der Waals surface area (Å²) in [6.07, 6.45) is 0.891. The normalized spacial score (nSPS) is 10.4. The fraction of sp³-hybridized carbons (Fsp3) is 0.286. The summed E-state index contributed by atoms with van der Waals surface area (Å²) in [6, 6.07) is 11.4. The molecule has 0 saturated heterocycles. The van der Waals surface area contributed by atoms with E-state index < -0.39 is 0 Å². The van der Waals surface area contributed by atoms with E-state index in [-0.39, 0.29) is 0 Å². The zero-order chi connectivity index (χ0) is 13.5. The van der Waals surface area contributed by atoms with Gasteiger partial charge in [0.25, 0.3) is 0 Å². The van der Waals surface area contributed by atoms with Crippen LogP contribution in [0, 0.1) is 0 Å². The van der Waals surface area contributed by atoms with Crippen molar-refractivity contribution in [3.63, 3.8) is 0 Å². The Balaban J connectivity index is 1.98. The Morgan fingerprint density at radius 2 is 1.84 bits per heavy atom. The molecule has 2 N–H and O–H groups in total. The molecule has 5 nitrogen and oxygen atoms in total. The van der Waals surface area contributed by atoms with Crippen molar-refractivity contribution in [3.8, 4) is 11.6 Å². The second kappa shape index (κ2) is 6.82. The van der Waals surface area contributed by atoms with E-state index in [1.165, 1.54) is 5.56 Å². The summed E-state index contributed by atoms with van der Waals surface area (Å²) in [5, 5.41) is 7.88. The maximum absolute atomic E-state index is 5.59. The average molecular weight is 259 g/mol. The predicted molar refractivity (Wildman–Crippen MR) is 72.0 cm³/mol. The lowest BCUT2D eigenvalue weighted by Gasteiger charge is -2.05. The minimum Gasteiger partial charge on any atom is -0.438 e. The fourth-order valence-corrected chi connectivity index (χ4v) is 1.58. The molecule has 0 spiro atoms. The quantitative estimate of drug-likeness (QED) is 0.858. The maximum Gasteiger partial charge on any atom is 0.238 e. The zero-order valence-electron chi connectivity index (χ0n) is 10.9. The Morgan fingerprint density at radius 1 is 1.05 bits per heavy atom. The van der Waals surface area contributed by atoms with E-state index >= 15 is 0 Å². The molecule has 0 amide bonds. The maximum atomic E-state index is 5.59. The van der Waals surface area contributed by atoms with E-state index in [1.54, 1.807) is 19.2 Å². The number of methoxy groups -OCH3 is 1. The molecule has 5 heteroatoms. The summed E-state index contributed by atoms with van der Waals surface area (Å²) in [5.74, 6) is 1.19. The first-order valence-corrected chi connectivity index (χ1v) is 6.10. The van der Waals surface area contributed by atoms with Gasteiger partial charge < -0.3 is 15.2 Å². The van der Waals surface area contributed by atoms with Gasteiger partial charge in [-0.2, -0.15) is 5.10 Å². The molecule has 1 aromatic heterocycles. The zero-order valence-corrected chi connectivity index (χ0v) is 10.9. The molecule has 0 fully saturated rings. The van der Waals surface area contributed by atoms with Crippen LogP contribution in [-0.4, -0.2) is 23.9 Å². The molecule has 19 heavy (non-hydrogen) atoms. The van der Waals surface area contributed by atoms with Gasteiger partial charge in [-0.25, -0.2) is 0 Å². The molecular weight excluding hydrogens is 242 g/mol. The Bertz CT molecular complexity index is 497. The van der Waals surface area contributed by atoms with E-state index in [0.717, 1.165) is 17.9 Å². The number of rotatable bonds is 6. The van der Waals surface area contributed by atoms with Crippen LogP contribution in [0.4, 0.5) is 0 Å². The van der Waals surface area contributed by atoms with E-state index in [9.17, 15) is 0 Å². The van der Waals surface area contributed by atoms with Crippen LogP contribution in [0.25, 0.3) is 0 Å². The van der Waals surface area contributed by atoms with E-state index in [4.69, 9.17) is 15.2 Å². The molecule has 0 radical (unpaired) electrons. The Kier molecular flexibility index (Phi) is 4.83. The van der Waals surface area contributed by atoms with Gasteiger partial charge in [0.1, 0.15) is 5.75 Å². The van der Waals surface area contributed by atoms with Crippen molar-refractivity contribution >= 4 is 0 Å². The smallest absolute Gasteiger partial charge is 0.238 e. The minimum atomic E-state index is 0.376. The van der Waals surface area contributed by atoms with Crippen molar-refractivity contribution in [1.29, 1.82) is 0 Å². The molecule has 2 aromatic rings. The molecule has 1 aromatic carbocycles. The van der Waals surface area contributed by atoms with Gasteiger partial charge in [0, 0.05) is 19.7 Å². The van der Waals surface area contributed by atoms with Gasteiger partial charge >= 0.3 is 0 Å². The Hall–Kier alpha value is -1.98. The summed E-state index contributed by atoms with van der Waals surface area (Å²) < 4.78 is 10.6. The van der Waals surface area contributed by atoms with Gasteiger partial charge in [0.2, 0.25) is 5.88 Å². The third kappa shape index (κ3) is 4.01. The number of ether oxygens (including phenoxy) is 2. The first-order chi connectivity index (χ1) is 9.31. The summed E-state index contributed by atoms with van der Waals surface area (Å²) >= 11 is 0. The third-order valence-electron chi connectivity index (χ3n) is 2.65. The standard InChI is InChI=1S/C14H17N3O2/c1-18-9-8-11-2-5-13(6-3-11)19-14-7-4-12(10-15)16-17-14/h2-7H,8-10,15H2,1H3. The first kappa shape index (κ1) is 13.5. The highest BCUT2D eigenvalue weighted by Crippen LogP contribution is 2.19. The number of nitrogens with zero attached hydrogens (tertiary/aromatic N) is 2. The molecule has 100 valence electrons. The molecule has 0 aliphatic rings. The highest BCUT2D eigenvalue weighted by molar-refractivity contribution is 5.30. The second-order valence-electron chi connectivity index (χ2n) is 4.06. The summed E-state index contributed by atoms with van der Waals surface area (Å²) in [5.41, 5.74) is 7.40. The lowest BCUT2D eigenvalue weighted by molar-refractivity contribution is 0.202. The van der Waals surface area contributed by atoms with Gasteiger partial charge in [0.05, 0.1) is 12.3 Å². The van der Waals surface area contributed by atoms with Crippen LogP contribution in [0.1, 0.15) is 11.3 Å². The Morgan fingerprint density at radius 3 is 2.42 bits per heavy atom. The molecule has 0 saturated carbocycles. The lowest BCUT2D eigenvalue weighted by Crippen LogP contribution is -2.01. The van der Waals surface area contributed by atoms with Crippen LogP contribution in [0.5, 0.6) is 11.6 Å². The van der Waals surface area contributed by atoms with Crippen molar-refractivity contribution in [2.45, 2.75) is 13.0 Å². The Labute approximate surface area is 112 Å². The van der Waals surface area contributed by atoms with Crippen LogP contribution in [0.3, 0.4) is 0 Å². The fourth-order valence-electron chi connectivity index (χ4n) is 1.58. The molecule has 0 unspecified atom stereocenters. The van der Waals surface area contributed by atoms with E-state index in [0.29, 0.717) is 19.0 Å². The van der Waals surface area contributed by atoms with Gasteiger partial charge in [0.15, 0.2) is 0 Å². The number of hydrogen-bond acceptors (Lipinski definition) is 5. The van der Waals surface area contributed by atoms with Gasteiger partial charge in [-0.3, -0.25) is 0 Å².